The molecule has 0 heterocycles. The van der Waals surface area contributed by atoms with Crippen LogP contribution in [-0.4, -0.2) is 0 Å². The Bertz CT molecular complexity index is 278. The lowest BCUT2D eigenvalue weighted by molar-refractivity contribution is -0.00640. The van der Waals surface area contributed by atoms with Crippen LogP contribution >= 0.6 is 23.2 Å². The fraction of sp³-hybridized carbons (Fsp3) is 0. The second kappa shape index (κ2) is 3.24. The van der Waals surface area contributed by atoms with Gasteiger partial charge in [0, 0.05) is 10.6 Å². The van der Waals surface area contributed by atoms with Crippen LogP contribution in [0.15, 0.2) is 12.1 Å². The SMILES string of the molecule is FOc1cc(F)c(Cl)cc1Cl. The quantitative estimate of drug-likeness (QED) is 0.629. The standard InChI is InChI=1S/C6H2Cl2F2O/c7-3-1-4(8)6(11-10)2-5(3)9/h1-2H. The van der Waals surface area contributed by atoms with Crippen LogP contribution in [0.3, 0.4) is 0 Å². The molecule has 1 rings (SSSR count). The molecule has 0 N–H and O–H groups in total. The zero-order valence-electron chi connectivity index (χ0n) is 5.07. The van der Waals surface area contributed by atoms with E-state index in [1.807, 2.05) is 0 Å². The molecule has 0 aliphatic carbocycles. The van der Waals surface area contributed by atoms with Crippen molar-refractivity contribution < 1.29 is 13.9 Å². The van der Waals surface area contributed by atoms with Gasteiger partial charge in [-0.2, -0.15) is 0 Å². The maximum absolute atomic E-state index is 12.5. The Morgan fingerprint density at radius 1 is 1.18 bits per heavy atom. The topological polar surface area (TPSA) is 9.23 Å². The first kappa shape index (κ1) is 8.56. The fourth-order valence-electron chi connectivity index (χ4n) is 0.563. The molecule has 0 saturated heterocycles. The summed E-state index contributed by atoms with van der Waals surface area (Å²) in [7, 11) is 0. The van der Waals surface area contributed by atoms with Crippen LogP contribution in [0.2, 0.25) is 10.0 Å². The van der Waals surface area contributed by atoms with E-state index in [0.717, 1.165) is 12.1 Å². The van der Waals surface area contributed by atoms with Gasteiger partial charge in [0.2, 0.25) is 0 Å². The van der Waals surface area contributed by atoms with Crippen molar-refractivity contribution in [2.75, 3.05) is 0 Å². The molecule has 0 atom stereocenters. The van der Waals surface area contributed by atoms with Gasteiger partial charge in [0.15, 0.2) is 5.75 Å². The second-order valence-corrected chi connectivity index (χ2v) is 2.59. The number of rotatable bonds is 1. The van der Waals surface area contributed by atoms with Crippen LogP contribution in [0.25, 0.3) is 0 Å². The maximum Gasteiger partial charge on any atom is 0.193 e. The van der Waals surface area contributed by atoms with Crippen molar-refractivity contribution >= 4 is 23.2 Å². The van der Waals surface area contributed by atoms with Crippen LogP contribution in [-0.2, 0) is 0 Å². The van der Waals surface area contributed by atoms with Crippen LogP contribution in [0.4, 0.5) is 8.92 Å². The van der Waals surface area contributed by atoms with Gasteiger partial charge < -0.3 is 0 Å². The molecule has 1 nitrogen and oxygen atoms in total. The molecule has 0 fully saturated rings. The molecule has 60 valence electrons. The predicted octanol–water partition coefficient (Wildman–Crippen LogP) is 3.40. The highest BCUT2D eigenvalue weighted by Crippen LogP contribution is 2.30. The minimum atomic E-state index is -0.774. The van der Waals surface area contributed by atoms with Crippen molar-refractivity contribution in [3.8, 4) is 5.75 Å². The highest BCUT2D eigenvalue weighted by molar-refractivity contribution is 6.35. The summed E-state index contributed by atoms with van der Waals surface area (Å²) in [5.74, 6) is -1.16. The third kappa shape index (κ3) is 1.73. The van der Waals surface area contributed by atoms with Gasteiger partial charge in [0.05, 0.1) is 10.0 Å². The first-order valence-corrected chi connectivity index (χ1v) is 3.34. The number of hydrogen-bond acceptors (Lipinski definition) is 1. The Labute approximate surface area is 71.4 Å². The van der Waals surface area contributed by atoms with Gasteiger partial charge in [-0.25, -0.2) is 4.39 Å². The minimum absolute atomic E-state index is 0.0705. The first-order valence-electron chi connectivity index (χ1n) is 2.58. The molecule has 0 aliphatic rings. The Hall–Kier alpha value is -0.540. The monoisotopic (exact) mass is 198 g/mol. The zero-order valence-corrected chi connectivity index (χ0v) is 6.59. The molecule has 0 amide bonds. The van der Waals surface area contributed by atoms with E-state index < -0.39 is 5.82 Å². The summed E-state index contributed by atoms with van der Waals surface area (Å²) in [6.07, 6.45) is 0. The number of benzene rings is 1. The summed E-state index contributed by atoms with van der Waals surface area (Å²) in [6.45, 7) is 0. The molecule has 0 spiro atoms. The largest absolute Gasteiger partial charge is 0.293 e. The van der Waals surface area contributed by atoms with Crippen molar-refractivity contribution in [3.63, 3.8) is 0 Å². The average molecular weight is 199 g/mol. The third-order valence-corrected chi connectivity index (χ3v) is 1.64. The molecule has 0 aliphatic heterocycles. The van der Waals surface area contributed by atoms with Gasteiger partial charge >= 0.3 is 0 Å². The third-order valence-electron chi connectivity index (χ3n) is 1.06. The van der Waals surface area contributed by atoms with Crippen LogP contribution < -0.4 is 4.94 Å². The summed E-state index contributed by atoms with van der Waals surface area (Å²) in [4.78, 5) is 3.25. The van der Waals surface area contributed by atoms with E-state index in [1.54, 1.807) is 0 Å². The predicted molar refractivity (Wildman–Crippen MR) is 38.2 cm³/mol. The van der Waals surface area contributed by atoms with Crippen molar-refractivity contribution in [1.82, 2.24) is 0 Å². The van der Waals surface area contributed by atoms with Gasteiger partial charge in [-0.1, -0.05) is 23.2 Å². The molecule has 0 saturated carbocycles. The highest BCUT2D eigenvalue weighted by atomic mass is 35.5. The van der Waals surface area contributed by atoms with Gasteiger partial charge in [-0.3, -0.25) is 4.94 Å². The lowest BCUT2D eigenvalue weighted by Crippen LogP contribution is -1.82. The van der Waals surface area contributed by atoms with E-state index in [0.29, 0.717) is 0 Å². The van der Waals surface area contributed by atoms with Gasteiger partial charge in [0.1, 0.15) is 5.82 Å². The molecule has 1 aromatic rings. The summed E-state index contributed by atoms with van der Waals surface area (Å²) in [5, 5.41) is -0.241. The zero-order chi connectivity index (χ0) is 8.43. The van der Waals surface area contributed by atoms with Gasteiger partial charge in [-0.05, 0) is 6.07 Å². The number of hydrogen-bond donors (Lipinski definition) is 0. The molecule has 0 radical (unpaired) electrons. The van der Waals surface area contributed by atoms with E-state index in [9.17, 15) is 8.92 Å². The summed E-state index contributed by atoms with van der Waals surface area (Å²) < 4.78 is 24.0. The summed E-state index contributed by atoms with van der Waals surface area (Å²) in [5.41, 5.74) is 0. The van der Waals surface area contributed by atoms with Crippen LogP contribution in [0, 0.1) is 5.82 Å². The number of halogens is 4. The van der Waals surface area contributed by atoms with Crippen molar-refractivity contribution in [1.29, 1.82) is 0 Å². The minimum Gasteiger partial charge on any atom is -0.293 e. The van der Waals surface area contributed by atoms with Crippen molar-refractivity contribution in [2.24, 2.45) is 0 Å². The van der Waals surface area contributed by atoms with E-state index >= 15 is 0 Å². The molecule has 0 bridgehead atoms. The smallest absolute Gasteiger partial charge is 0.193 e. The molecule has 5 heteroatoms. The Morgan fingerprint density at radius 2 is 1.82 bits per heavy atom. The molecule has 1 aromatic carbocycles. The van der Waals surface area contributed by atoms with E-state index in [2.05, 4.69) is 4.94 Å². The Kier molecular flexibility index (Phi) is 2.52. The normalized spacial score (nSPS) is 9.82. The van der Waals surface area contributed by atoms with Crippen LogP contribution in [0.5, 0.6) is 5.75 Å². The molecule has 0 unspecified atom stereocenters. The molecule has 11 heavy (non-hydrogen) atoms. The molecular formula is C6H2Cl2F2O. The van der Waals surface area contributed by atoms with Crippen molar-refractivity contribution in [2.45, 2.75) is 0 Å². The first-order chi connectivity index (χ1) is 5.15. The average Bonchev–Trinajstić information content (AvgIpc) is 1.97. The van der Waals surface area contributed by atoms with Gasteiger partial charge in [0.25, 0.3) is 0 Å². The molecular weight excluding hydrogens is 197 g/mol. The Balaban J connectivity index is 3.21. The molecule has 0 aromatic heterocycles. The van der Waals surface area contributed by atoms with Gasteiger partial charge in [-0.15, -0.1) is 0 Å². The van der Waals surface area contributed by atoms with Crippen LogP contribution in [0.1, 0.15) is 0 Å². The van der Waals surface area contributed by atoms with Crippen molar-refractivity contribution in [3.05, 3.63) is 28.0 Å². The van der Waals surface area contributed by atoms with E-state index in [-0.39, 0.29) is 15.8 Å². The lowest BCUT2D eigenvalue weighted by Gasteiger charge is -1.98. The maximum atomic E-state index is 12.5. The van der Waals surface area contributed by atoms with E-state index in [1.165, 1.54) is 0 Å². The highest BCUT2D eigenvalue weighted by Gasteiger charge is 2.08. The fourth-order valence-corrected chi connectivity index (χ4v) is 0.976. The summed E-state index contributed by atoms with van der Waals surface area (Å²) >= 11 is 10.7. The van der Waals surface area contributed by atoms with E-state index in [4.69, 9.17) is 23.2 Å². The summed E-state index contributed by atoms with van der Waals surface area (Å²) in [6, 6.07) is 1.83. The Morgan fingerprint density at radius 3 is 2.36 bits per heavy atom. The second-order valence-electron chi connectivity index (χ2n) is 1.77. The lowest BCUT2D eigenvalue weighted by atomic mass is 10.3.